The molecule has 0 saturated heterocycles. The van der Waals surface area contributed by atoms with Gasteiger partial charge in [0.2, 0.25) is 5.95 Å². The van der Waals surface area contributed by atoms with Crippen LogP contribution in [0.2, 0.25) is 0 Å². The molecule has 1 fully saturated rings. The summed E-state index contributed by atoms with van der Waals surface area (Å²) in [6, 6.07) is 9.10. The van der Waals surface area contributed by atoms with Gasteiger partial charge in [0.25, 0.3) is 0 Å². The molecule has 3 heterocycles. The van der Waals surface area contributed by atoms with E-state index in [1.165, 1.54) is 18.9 Å². The quantitative estimate of drug-likeness (QED) is 0.362. The van der Waals surface area contributed by atoms with Crippen LogP contribution in [0.1, 0.15) is 37.1 Å². The third-order valence-electron chi connectivity index (χ3n) is 7.63. The maximum atomic E-state index is 13.4. The Hall–Kier alpha value is -3.73. The average Bonchev–Trinajstić information content (AvgIpc) is 3.49. The number of pyridine rings is 1. The van der Waals surface area contributed by atoms with Crippen molar-refractivity contribution < 1.29 is 13.5 Å². The fourth-order valence-corrected chi connectivity index (χ4v) is 5.63. The van der Waals surface area contributed by atoms with E-state index in [0.717, 1.165) is 43.0 Å². The molecule has 1 saturated carbocycles. The summed E-state index contributed by atoms with van der Waals surface area (Å²) in [5.41, 5.74) is 10.9. The maximum Gasteiger partial charge on any atom is 0.387 e. The molecule has 0 unspecified atom stereocenters. The van der Waals surface area contributed by atoms with Crippen molar-refractivity contribution in [3.63, 3.8) is 0 Å². The van der Waals surface area contributed by atoms with Crippen LogP contribution >= 0.6 is 0 Å². The number of alkyl halides is 2. The number of rotatable bonds is 9. The van der Waals surface area contributed by atoms with E-state index < -0.39 is 6.61 Å². The molecule has 0 amide bonds. The highest BCUT2D eigenvalue weighted by Crippen LogP contribution is 2.51. The van der Waals surface area contributed by atoms with E-state index in [1.54, 1.807) is 12.3 Å². The van der Waals surface area contributed by atoms with Gasteiger partial charge in [-0.2, -0.15) is 13.8 Å². The summed E-state index contributed by atoms with van der Waals surface area (Å²) in [5.74, 6) is 0.942. The van der Waals surface area contributed by atoms with Gasteiger partial charge in [-0.25, -0.2) is 4.98 Å². The lowest BCUT2D eigenvalue weighted by Gasteiger charge is -2.25. The molecule has 39 heavy (non-hydrogen) atoms. The molecule has 2 aromatic heterocycles. The minimum atomic E-state index is -3.00. The highest BCUT2D eigenvalue weighted by atomic mass is 19.3. The number of fused-ring (bicyclic) bond motifs is 2. The molecule has 5 rings (SSSR count). The zero-order valence-electron chi connectivity index (χ0n) is 22.9. The van der Waals surface area contributed by atoms with Crippen LogP contribution in [-0.4, -0.2) is 67.2 Å². The highest BCUT2D eigenvalue weighted by molar-refractivity contribution is 5.79. The number of anilines is 6. The number of hydrogen-bond acceptors (Lipinski definition) is 9. The normalized spacial score (nSPS) is 15.8. The van der Waals surface area contributed by atoms with Gasteiger partial charge in [0.1, 0.15) is 5.82 Å². The van der Waals surface area contributed by atoms with Crippen LogP contribution in [0.25, 0.3) is 0 Å². The van der Waals surface area contributed by atoms with Gasteiger partial charge in [0.15, 0.2) is 5.75 Å². The molecule has 1 aromatic carbocycles. The van der Waals surface area contributed by atoms with E-state index in [-0.39, 0.29) is 22.8 Å². The van der Waals surface area contributed by atoms with E-state index >= 15 is 0 Å². The highest BCUT2D eigenvalue weighted by Gasteiger charge is 2.46. The third-order valence-corrected chi connectivity index (χ3v) is 7.63. The number of benzene rings is 1. The second-order valence-electron chi connectivity index (χ2n) is 10.8. The fourth-order valence-electron chi connectivity index (χ4n) is 5.63. The van der Waals surface area contributed by atoms with Crippen molar-refractivity contribution in [2.45, 2.75) is 44.6 Å². The van der Waals surface area contributed by atoms with Crippen molar-refractivity contribution in [1.82, 2.24) is 19.9 Å². The first-order valence-electron chi connectivity index (χ1n) is 13.3. The summed E-state index contributed by atoms with van der Waals surface area (Å²) in [5, 5.41) is 3.06. The second kappa shape index (κ2) is 10.8. The number of nitrogens with two attached hydrogens (primary N) is 1. The number of nitrogens with zero attached hydrogens (tertiary/aromatic N) is 6. The number of halogens is 2. The molecule has 208 valence electrons. The fraction of sp³-hybridized carbons (Fsp3) is 0.464. The topological polar surface area (TPSA) is 95.7 Å². The molecule has 3 N–H and O–H groups in total. The van der Waals surface area contributed by atoms with Crippen LogP contribution < -0.4 is 25.6 Å². The van der Waals surface area contributed by atoms with Gasteiger partial charge >= 0.3 is 6.61 Å². The Bertz CT molecular complexity index is 1330. The van der Waals surface area contributed by atoms with Gasteiger partial charge in [-0.15, -0.1) is 0 Å². The van der Waals surface area contributed by atoms with E-state index in [1.807, 2.05) is 50.0 Å². The number of aromatic nitrogens is 3. The van der Waals surface area contributed by atoms with E-state index in [2.05, 4.69) is 21.3 Å². The molecular formula is C28H36F2N8O. The Morgan fingerprint density at radius 1 is 1.10 bits per heavy atom. The van der Waals surface area contributed by atoms with Crippen LogP contribution in [0.3, 0.4) is 0 Å². The summed E-state index contributed by atoms with van der Waals surface area (Å²) < 4.78 is 31.6. The molecule has 0 atom stereocenters. The number of ether oxygens (including phenoxy) is 1. The van der Waals surface area contributed by atoms with Gasteiger partial charge in [-0.05, 0) is 58.1 Å². The van der Waals surface area contributed by atoms with Crippen molar-refractivity contribution in [2.75, 3.05) is 61.6 Å². The van der Waals surface area contributed by atoms with E-state index in [9.17, 15) is 8.78 Å². The Balaban J connectivity index is 1.44. The number of nitrogen functional groups attached to an aromatic ring is 1. The van der Waals surface area contributed by atoms with Gasteiger partial charge in [0.05, 0.1) is 28.4 Å². The van der Waals surface area contributed by atoms with Crippen LogP contribution in [-0.2, 0) is 5.41 Å². The summed E-state index contributed by atoms with van der Waals surface area (Å²) in [6.45, 7) is 1.26. The molecule has 9 nitrogen and oxygen atoms in total. The Labute approximate surface area is 228 Å². The minimum absolute atomic E-state index is 0.0288. The van der Waals surface area contributed by atoms with Gasteiger partial charge < -0.3 is 30.5 Å². The van der Waals surface area contributed by atoms with Crippen LogP contribution in [0.5, 0.6) is 5.75 Å². The number of hydrogen-bond donors (Lipinski definition) is 2. The monoisotopic (exact) mass is 538 g/mol. The smallest absolute Gasteiger partial charge is 0.387 e. The van der Waals surface area contributed by atoms with E-state index in [4.69, 9.17) is 20.4 Å². The molecule has 0 bridgehead atoms. The molecule has 0 radical (unpaired) electrons. The lowest BCUT2D eigenvalue weighted by Crippen LogP contribution is -2.29. The average molecular weight is 539 g/mol. The molecule has 1 aliphatic carbocycles. The van der Waals surface area contributed by atoms with Crippen LogP contribution in [0.4, 0.5) is 43.3 Å². The Morgan fingerprint density at radius 2 is 1.87 bits per heavy atom. The van der Waals surface area contributed by atoms with Crippen molar-refractivity contribution in [2.24, 2.45) is 0 Å². The maximum absolute atomic E-state index is 13.4. The summed E-state index contributed by atoms with van der Waals surface area (Å²) in [7, 11) is 5.80. The van der Waals surface area contributed by atoms with Crippen LogP contribution in [0, 0.1) is 6.92 Å². The molecular weight excluding hydrogens is 502 g/mol. The first-order valence-corrected chi connectivity index (χ1v) is 13.3. The molecule has 11 heteroatoms. The zero-order valence-corrected chi connectivity index (χ0v) is 22.9. The standard InChI is InChI=1S/C28H36F2N8O/c1-18-7-8-21-25(33-18)28(10-5-6-11-28)17-38(21)24-9-12-32-27(35-24)34-20-15-19(31)22(16-23(20)39-26(29)30)37(4)14-13-36(2)3/h7-9,12,15-16,26H,5-6,10-11,13-14,17,31H2,1-4H3,(H,32,34,35). The molecule has 1 aliphatic heterocycles. The number of likely N-dealkylation sites (N-methyl/N-ethyl adjacent to an activating group) is 2. The van der Waals surface area contributed by atoms with Gasteiger partial charge in [-0.3, -0.25) is 4.98 Å². The summed E-state index contributed by atoms with van der Waals surface area (Å²) >= 11 is 0. The van der Waals surface area contributed by atoms with Crippen molar-refractivity contribution in [3.8, 4) is 5.75 Å². The largest absolute Gasteiger partial charge is 0.433 e. The second-order valence-corrected chi connectivity index (χ2v) is 10.8. The lowest BCUT2D eigenvalue weighted by atomic mass is 9.84. The number of aryl methyl sites for hydroxylation is 1. The third kappa shape index (κ3) is 5.54. The summed E-state index contributed by atoms with van der Waals surface area (Å²) in [4.78, 5) is 20.2. The Kier molecular flexibility index (Phi) is 7.44. The van der Waals surface area contributed by atoms with Gasteiger partial charge in [-0.1, -0.05) is 12.8 Å². The predicted octanol–water partition coefficient (Wildman–Crippen LogP) is 5.07. The summed E-state index contributed by atoms with van der Waals surface area (Å²) in [6.07, 6.45) is 6.24. The predicted molar refractivity (Wildman–Crippen MR) is 151 cm³/mol. The lowest BCUT2D eigenvalue weighted by molar-refractivity contribution is -0.0493. The molecule has 1 spiro atoms. The zero-order chi connectivity index (χ0) is 27.7. The first-order chi connectivity index (χ1) is 18.6. The van der Waals surface area contributed by atoms with Crippen molar-refractivity contribution in [3.05, 3.63) is 47.9 Å². The molecule has 2 aliphatic rings. The minimum Gasteiger partial charge on any atom is -0.433 e. The van der Waals surface area contributed by atoms with Crippen LogP contribution in [0.15, 0.2) is 36.5 Å². The van der Waals surface area contributed by atoms with Crippen molar-refractivity contribution in [1.29, 1.82) is 0 Å². The first kappa shape index (κ1) is 26.9. The van der Waals surface area contributed by atoms with Crippen molar-refractivity contribution >= 4 is 34.5 Å². The SMILES string of the molecule is Cc1ccc2c(n1)C1(CCCC1)CN2c1ccnc(Nc2cc(N)c(N(C)CCN(C)C)cc2OC(F)F)n1. The van der Waals surface area contributed by atoms with E-state index in [0.29, 0.717) is 23.7 Å². The van der Waals surface area contributed by atoms with Gasteiger partial charge in [0, 0.05) is 50.1 Å². The Morgan fingerprint density at radius 3 is 2.59 bits per heavy atom. The number of nitrogens with one attached hydrogen (secondary N) is 1. The molecule has 3 aromatic rings.